The monoisotopic (exact) mass is 328 g/mol. The van der Waals surface area contributed by atoms with Crippen molar-refractivity contribution in [3.05, 3.63) is 40.4 Å². The van der Waals surface area contributed by atoms with Gasteiger partial charge in [-0.15, -0.1) is 5.06 Å². The first-order valence-corrected chi connectivity index (χ1v) is 7.68. The van der Waals surface area contributed by atoms with E-state index in [0.717, 1.165) is 23.5 Å². The Morgan fingerprint density at radius 3 is 2.83 bits per heavy atom. The molecule has 0 saturated heterocycles. The first-order chi connectivity index (χ1) is 11.4. The van der Waals surface area contributed by atoms with E-state index in [4.69, 9.17) is 15.0 Å². The molecule has 24 heavy (non-hydrogen) atoms. The highest BCUT2D eigenvalue weighted by Crippen LogP contribution is 2.25. The number of ether oxygens (including phenoxy) is 1. The Morgan fingerprint density at radius 1 is 1.38 bits per heavy atom. The fourth-order valence-electron chi connectivity index (χ4n) is 2.86. The van der Waals surface area contributed by atoms with Crippen LogP contribution in [-0.4, -0.2) is 40.9 Å². The minimum absolute atomic E-state index is 0.000190. The number of hydrogen-bond acceptors (Lipinski definition) is 4. The SMILES string of the molecule is COCCn1c(C)cc(C=C2C(=N)N3OC(C)=CC3=NC2=O)c1C. The number of methoxy groups -OCH3 is 1. The van der Waals surface area contributed by atoms with Crippen LogP contribution in [0.5, 0.6) is 0 Å². The molecular weight excluding hydrogens is 308 g/mol. The van der Waals surface area contributed by atoms with Crippen molar-refractivity contribution >= 4 is 23.7 Å². The molecule has 0 unspecified atom stereocenters. The molecule has 0 aromatic carbocycles. The largest absolute Gasteiger partial charge is 0.383 e. The van der Waals surface area contributed by atoms with Crippen molar-refractivity contribution in [2.75, 3.05) is 13.7 Å². The van der Waals surface area contributed by atoms with Crippen LogP contribution in [0.4, 0.5) is 0 Å². The van der Waals surface area contributed by atoms with Crippen LogP contribution in [0.1, 0.15) is 23.9 Å². The molecule has 0 radical (unpaired) electrons. The topological polar surface area (TPSA) is 79.9 Å². The van der Waals surface area contributed by atoms with E-state index in [1.165, 1.54) is 5.06 Å². The maximum absolute atomic E-state index is 12.3. The molecule has 2 aliphatic heterocycles. The van der Waals surface area contributed by atoms with E-state index in [0.29, 0.717) is 18.2 Å². The zero-order chi connectivity index (χ0) is 17.4. The lowest BCUT2D eigenvalue weighted by atomic mass is 10.1. The number of rotatable bonds is 4. The molecule has 0 atom stereocenters. The molecule has 7 nitrogen and oxygen atoms in total. The first-order valence-electron chi connectivity index (χ1n) is 7.68. The lowest BCUT2D eigenvalue weighted by Crippen LogP contribution is -2.38. The highest BCUT2D eigenvalue weighted by molar-refractivity contribution is 6.32. The third-order valence-electron chi connectivity index (χ3n) is 4.11. The molecule has 1 aromatic rings. The maximum atomic E-state index is 12.3. The van der Waals surface area contributed by atoms with Gasteiger partial charge in [0.05, 0.1) is 12.2 Å². The second kappa shape index (κ2) is 6.09. The molecule has 0 bridgehead atoms. The van der Waals surface area contributed by atoms with E-state index in [1.807, 2.05) is 19.9 Å². The van der Waals surface area contributed by atoms with E-state index in [9.17, 15) is 4.79 Å². The highest BCUT2D eigenvalue weighted by Gasteiger charge is 2.34. The summed E-state index contributed by atoms with van der Waals surface area (Å²) in [5.41, 5.74) is 3.20. The second-order valence-electron chi connectivity index (χ2n) is 5.79. The molecule has 2 aliphatic rings. The van der Waals surface area contributed by atoms with Crippen molar-refractivity contribution in [1.82, 2.24) is 9.63 Å². The number of amidine groups is 2. The number of allylic oxidation sites excluding steroid dienone is 1. The number of nitrogens with one attached hydrogen (secondary N) is 1. The smallest absolute Gasteiger partial charge is 0.282 e. The predicted molar refractivity (Wildman–Crippen MR) is 90.6 cm³/mol. The lowest BCUT2D eigenvalue weighted by Gasteiger charge is -2.22. The van der Waals surface area contributed by atoms with Crippen LogP contribution in [0.25, 0.3) is 6.08 Å². The number of aryl methyl sites for hydroxylation is 1. The van der Waals surface area contributed by atoms with Crippen molar-refractivity contribution in [2.45, 2.75) is 27.3 Å². The fourth-order valence-corrected chi connectivity index (χ4v) is 2.86. The number of carbonyl (C=O) groups is 1. The Bertz CT molecular complexity index is 814. The summed E-state index contributed by atoms with van der Waals surface area (Å²) in [6.07, 6.45) is 3.34. The van der Waals surface area contributed by atoms with Gasteiger partial charge in [-0.05, 0) is 38.5 Å². The standard InChI is InChI=1S/C17H20N4O3/c1-10-7-13(12(3)20(10)5-6-23-4)9-14-16(18)21-15(19-17(14)22)8-11(2)24-21/h7-9,18H,5-6H2,1-4H3. The molecule has 0 spiro atoms. The van der Waals surface area contributed by atoms with Crippen LogP contribution < -0.4 is 0 Å². The van der Waals surface area contributed by atoms with Gasteiger partial charge in [0.25, 0.3) is 5.91 Å². The maximum Gasteiger partial charge on any atom is 0.282 e. The number of nitrogens with zero attached hydrogens (tertiary/aromatic N) is 3. The summed E-state index contributed by atoms with van der Waals surface area (Å²) in [4.78, 5) is 21.7. The van der Waals surface area contributed by atoms with Gasteiger partial charge in [-0.25, -0.2) is 0 Å². The quantitative estimate of drug-likeness (QED) is 0.859. The van der Waals surface area contributed by atoms with Crippen LogP contribution in [-0.2, 0) is 20.9 Å². The van der Waals surface area contributed by atoms with Gasteiger partial charge in [0.1, 0.15) is 5.76 Å². The Kier molecular flexibility index (Phi) is 4.11. The van der Waals surface area contributed by atoms with E-state index in [1.54, 1.807) is 26.2 Å². The molecular formula is C17H20N4O3. The van der Waals surface area contributed by atoms with Crippen molar-refractivity contribution in [3.8, 4) is 0 Å². The molecule has 1 N–H and O–H groups in total. The molecule has 3 heterocycles. The summed E-state index contributed by atoms with van der Waals surface area (Å²) in [5, 5.41) is 9.53. The van der Waals surface area contributed by atoms with Gasteiger partial charge in [-0.1, -0.05) is 0 Å². The van der Waals surface area contributed by atoms with Crippen LogP contribution in [0.3, 0.4) is 0 Å². The minimum Gasteiger partial charge on any atom is -0.383 e. The van der Waals surface area contributed by atoms with Gasteiger partial charge in [0, 0.05) is 31.1 Å². The van der Waals surface area contributed by atoms with Crippen LogP contribution >= 0.6 is 0 Å². The molecule has 7 heteroatoms. The zero-order valence-corrected chi connectivity index (χ0v) is 14.2. The second-order valence-corrected chi connectivity index (χ2v) is 5.79. The average Bonchev–Trinajstić information content (AvgIpc) is 3.02. The Labute approximate surface area is 140 Å². The Hall–Kier alpha value is -2.67. The number of fused-ring (bicyclic) bond motifs is 1. The minimum atomic E-state index is -0.428. The van der Waals surface area contributed by atoms with Crippen LogP contribution in [0, 0.1) is 19.3 Å². The molecule has 0 fully saturated rings. The van der Waals surface area contributed by atoms with Gasteiger partial charge >= 0.3 is 0 Å². The predicted octanol–water partition coefficient (Wildman–Crippen LogP) is 2.20. The third-order valence-corrected chi connectivity index (χ3v) is 4.11. The molecule has 126 valence electrons. The fraction of sp³-hybridized carbons (Fsp3) is 0.353. The first kappa shape index (κ1) is 16.2. The molecule has 1 amide bonds. The summed E-state index contributed by atoms with van der Waals surface area (Å²) >= 11 is 0. The zero-order valence-electron chi connectivity index (χ0n) is 14.2. The Morgan fingerprint density at radius 2 is 2.12 bits per heavy atom. The van der Waals surface area contributed by atoms with E-state index in [2.05, 4.69) is 9.56 Å². The van der Waals surface area contributed by atoms with E-state index < -0.39 is 5.91 Å². The summed E-state index contributed by atoms with van der Waals surface area (Å²) in [6.45, 7) is 7.10. The third kappa shape index (κ3) is 2.67. The number of aliphatic imine (C=N–C) groups is 1. The van der Waals surface area contributed by atoms with Gasteiger partial charge in [-0.3, -0.25) is 10.2 Å². The summed E-state index contributed by atoms with van der Waals surface area (Å²) in [6, 6.07) is 1.99. The Balaban J connectivity index is 1.95. The highest BCUT2D eigenvalue weighted by atomic mass is 16.7. The van der Waals surface area contributed by atoms with Crippen LogP contribution in [0.15, 0.2) is 28.5 Å². The summed E-state index contributed by atoms with van der Waals surface area (Å²) < 4.78 is 7.26. The van der Waals surface area contributed by atoms with Gasteiger partial charge < -0.3 is 14.1 Å². The molecule has 0 aliphatic carbocycles. The number of carbonyl (C=O) groups excluding carboxylic acids is 1. The van der Waals surface area contributed by atoms with Crippen molar-refractivity contribution in [2.24, 2.45) is 4.99 Å². The van der Waals surface area contributed by atoms with Gasteiger partial charge in [-0.2, -0.15) is 4.99 Å². The van der Waals surface area contributed by atoms with E-state index in [-0.39, 0.29) is 11.4 Å². The lowest BCUT2D eigenvalue weighted by molar-refractivity contribution is -0.114. The summed E-state index contributed by atoms with van der Waals surface area (Å²) in [7, 11) is 1.67. The van der Waals surface area contributed by atoms with Gasteiger partial charge in [0.2, 0.25) is 0 Å². The van der Waals surface area contributed by atoms with Crippen molar-refractivity contribution in [3.63, 3.8) is 0 Å². The number of amides is 1. The van der Waals surface area contributed by atoms with Gasteiger partial charge in [0.15, 0.2) is 11.7 Å². The number of aromatic nitrogens is 1. The molecule has 3 rings (SSSR count). The molecule has 1 aromatic heterocycles. The number of hydrogen-bond donors (Lipinski definition) is 1. The van der Waals surface area contributed by atoms with Crippen LogP contribution in [0.2, 0.25) is 0 Å². The number of hydroxylamine groups is 2. The van der Waals surface area contributed by atoms with Crippen molar-refractivity contribution < 1.29 is 14.4 Å². The average molecular weight is 328 g/mol. The molecule has 0 saturated carbocycles. The van der Waals surface area contributed by atoms with E-state index >= 15 is 0 Å². The normalized spacial score (nSPS) is 18.7. The van der Waals surface area contributed by atoms with Crippen molar-refractivity contribution in [1.29, 1.82) is 5.41 Å². The summed E-state index contributed by atoms with van der Waals surface area (Å²) in [5.74, 6) is 0.526.